The van der Waals surface area contributed by atoms with E-state index < -0.39 is 39.3 Å². The lowest BCUT2D eigenvalue weighted by molar-refractivity contribution is -0.387. The van der Waals surface area contributed by atoms with Crippen molar-refractivity contribution in [1.82, 2.24) is 4.90 Å². The number of Topliss-reactive ketones (excluding diaryl/α,β-unsaturated/α-hetero) is 1. The zero-order valence-electron chi connectivity index (χ0n) is 12.6. The molecule has 0 aromatic heterocycles. The van der Waals surface area contributed by atoms with Crippen molar-refractivity contribution >= 4 is 33.4 Å². The Morgan fingerprint density at radius 3 is 2.52 bits per heavy atom. The fourth-order valence-corrected chi connectivity index (χ4v) is 2.04. The Hall–Kier alpha value is -2.29. The van der Waals surface area contributed by atoms with E-state index in [2.05, 4.69) is 15.9 Å². The van der Waals surface area contributed by atoms with Gasteiger partial charge >= 0.3 is 11.7 Å². The average molecular weight is 389 g/mol. The zero-order chi connectivity index (χ0) is 17.7. The third-order valence-corrected chi connectivity index (χ3v) is 3.24. The largest absolute Gasteiger partial charge is 0.462 e. The number of carbonyl (C=O) groups is 2. The summed E-state index contributed by atoms with van der Waals surface area (Å²) in [4.78, 5) is 35.9. The zero-order valence-corrected chi connectivity index (χ0v) is 14.2. The van der Waals surface area contributed by atoms with Gasteiger partial charge in [0.05, 0.1) is 16.0 Å². The minimum atomic E-state index is -1.19. The summed E-state index contributed by atoms with van der Waals surface area (Å²) >= 11 is 2.82. The van der Waals surface area contributed by atoms with Crippen LogP contribution < -0.4 is 0 Å². The second-order valence-electron chi connectivity index (χ2n) is 4.57. The summed E-state index contributed by atoms with van der Waals surface area (Å²) < 4.78 is 18.6. The molecule has 0 N–H and O–H groups in total. The van der Waals surface area contributed by atoms with Crippen molar-refractivity contribution in [2.24, 2.45) is 0 Å². The Morgan fingerprint density at radius 2 is 2.04 bits per heavy atom. The molecule has 1 aromatic rings. The molecule has 0 radical (unpaired) electrons. The summed E-state index contributed by atoms with van der Waals surface area (Å²) in [5.74, 6) is -3.12. The number of hydrogen-bond donors (Lipinski definition) is 0. The first-order valence-corrected chi connectivity index (χ1v) is 7.22. The van der Waals surface area contributed by atoms with Gasteiger partial charge in [-0.1, -0.05) is 0 Å². The van der Waals surface area contributed by atoms with Gasteiger partial charge in [-0.05, 0) is 35.0 Å². The molecule has 23 heavy (non-hydrogen) atoms. The molecule has 0 unspecified atom stereocenters. The van der Waals surface area contributed by atoms with Crippen LogP contribution in [-0.4, -0.2) is 42.3 Å². The van der Waals surface area contributed by atoms with Crippen LogP contribution in [0.4, 0.5) is 10.1 Å². The number of halogens is 2. The number of esters is 1. The van der Waals surface area contributed by atoms with E-state index in [9.17, 15) is 24.1 Å². The monoisotopic (exact) mass is 388 g/mol. The Labute approximate surface area is 140 Å². The van der Waals surface area contributed by atoms with Gasteiger partial charge in [0.15, 0.2) is 0 Å². The van der Waals surface area contributed by atoms with Crippen LogP contribution in [-0.2, 0) is 9.53 Å². The van der Waals surface area contributed by atoms with Gasteiger partial charge in [0.25, 0.3) is 0 Å². The molecule has 0 saturated carbocycles. The lowest BCUT2D eigenvalue weighted by Crippen LogP contribution is -2.20. The van der Waals surface area contributed by atoms with Crippen molar-refractivity contribution in [3.8, 4) is 0 Å². The van der Waals surface area contributed by atoms with Gasteiger partial charge in [-0.25, -0.2) is 4.79 Å². The van der Waals surface area contributed by atoms with Gasteiger partial charge < -0.3 is 9.64 Å². The van der Waals surface area contributed by atoms with Gasteiger partial charge in [-0.3, -0.25) is 14.9 Å². The molecule has 0 amide bonds. The van der Waals surface area contributed by atoms with Crippen molar-refractivity contribution in [3.05, 3.63) is 49.9 Å². The molecule has 0 aliphatic carbocycles. The molecule has 0 spiro atoms. The molecular weight excluding hydrogens is 375 g/mol. The van der Waals surface area contributed by atoms with Gasteiger partial charge in [-0.15, -0.1) is 0 Å². The van der Waals surface area contributed by atoms with Crippen LogP contribution in [0.5, 0.6) is 0 Å². The number of benzene rings is 1. The number of nitro groups is 1. The lowest BCUT2D eigenvalue weighted by Gasteiger charge is -2.11. The molecule has 0 aliphatic heterocycles. The van der Waals surface area contributed by atoms with Gasteiger partial charge in [-0.2, -0.15) is 4.39 Å². The van der Waals surface area contributed by atoms with Crippen LogP contribution in [0, 0.1) is 15.9 Å². The highest BCUT2D eigenvalue weighted by Crippen LogP contribution is 2.30. The maximum absolute atomic E-state index is 14.0. The highest BCUT2D eigenvalue weighted by Gasteiger charge is 2.31. The van der Waals surface area contributed by atoms with Crippen molar-refractivity contribution < 1.29 is 23.6 Å². The lowest BCUT2D eigenvalue weighted by atomic mass is 10.0. The van der Waals surface area contributed by atoms with Crippen LogP contribution >= 0.6 is 15.9 Å². The summed E-state index contributed by atoms with van der Waals surface area (Å²) in [7, 11) is 3.12. The number of nitrogens with zero attached hydrogens (tertiary/aromatic N) is 2. The van der Waals surface area contributed by atoms with Crippen LogP contribution in [0.2, 0.25) is 0 Å². The predicted molar refractivity (Wildman–Crippen MR) is 83.5 cm³/mol. The number of ketones is 1. The van der Waals surface area contributed by atoms with Crippen molar-refractivity contribution in [2.75, 3.05) is 20.7 Å². The maximum Gasteiger partial charge on any atom is 0.343 e. The van der Waals surface area contributed by atoms with E-state index in [1.54, 1.807) is 21.0 Å². The molecule has 7 nitrogen and oxygen atoms in total. The second kappa shape index (κ2) is 7.82. The van der Waals surface area contributed by atoms with Gasteiger partial charge in [0, 0.05) is 20.3 Å². The van der Waals surface area contributed by atoms with E-state index in [1.165, 1.54) is 11.1 Å². The first-order chi connectivity index (χ1) is 10.7. The molecule has 1 rings (SSSR count). The van der Waals surface area contributed by atoms with Crippen LogP contribution in [0.15, 0.2) is 28.4 Å². The summed E-state index contributed by atoms with van der Waals surface area (Å²) in [6.45, 7) is 1.57. The average Bonchev–Trinajstić information content (AvgIpc) is 2.46. The molecule has 0 bridgehead atoms. The molecule has 0 heterocycles. The van der Waals surface area contributed by atoms with E-state index in [0.29, 0.717) is 0 Å². The van der Waals surface area contributed by atoms with Crippen LogP contribution in [0.1, 0.15) is 17.3 Å². The fourth-order valence-electron chi connectivity index (χ4n) is 1.72. The molecule has 0 saturated heterocycles. The van der Waals surface area contributed by atoms with E-state index in [4.69, 9.17) is 4.74 Å². The van der Waals surface area contributed by atoms with E-state index in [-0.39, 0.29) is 11.1 Å². The van der Waals surface area contributed by atoms with E-state index in [0.717, 1.165) is 12.1 Å². The minimum absolute atomic E-state index is 0.0215. The minimum Gasteiger partial charge on any atom is -0.462 e. The number of carbonyl (C=O) groups excluding carboxylic acids is 2. The summed E-state index contributed by atoms with van der Waals surface area (Å²) in [6, 6.07) is 2.24. The van der Waals surface area contributed by atoms with E-state index >= 15 is 0 Å². The first kappa shape index (κ1) is 18.8. The Morgan fingerprint density at radius 1 is 1.43 bits per heavy atom. The molecule has 124 valence electrons. The number of nitro benzene ring substituents is 1. The smallest absolute Gasteiger partial charge is 0.343 e. The molecule has 0 atom stereocenters. The fraction of sp³-hybridized carbons (Fsp3) is 0.286. The third kappa shape index (κ3) is 4.35. The van der Waals surface area contributed by atoms with Gasteiger partial charge in [0.1, 0.15) is 11.1 Å². The second-order valence-corrected chi connectivity index (χ2v) is 5.42. The topological polar surface area (TPSA) is 89.8 Å². The molecule has 0 aliphatic rings. The number of hydrogen-bond acceptors (Lipinski definition) is 6. The Bertz CT molecular complexity index is 688. The first-order valence-electron chi connectivity index (χ1n) is 6.43. The van der Waals surface area contributed by atoms with Gasteiger partial charge in [0.2, 0.25) is 11.6 Å². The quantitative estimate of drug-likeness (QED) is 0.141. The Kier molecular flexibility index (Phi) is 6.38. The van der Waals surface area contributed by atoms with Crippen molar-refractivity contribution in [3.63, 3.8) is 0 Å². The van der Waals surface area contributed by atoms with Crippen molar-refractivity contribution in [2.45, 2.75) is 6.92 Å². The third-order valence-electron chi connectivity index (χ3n) is 2.62. The predicted octanol–water partition coefficient (Wildman–Crippen LogP) is 2.69. The summed E-state index contributed by atoms with van der Waals surface area (Å²) in [6.07, 6.45) is 1.17. The number of rotatable bonds is 6. The Balaban J connectivity index is 3.49. The van der Waals surface area contributed by atoms with E-state index in [1.807, 2.05) is 0 Å². The highest BCUT2D eigenvalue weighted by atomic mass is 79.9. The SMILES string of the molecule is CCOC(=O)C(=CN(C)C)C(=O)c1ccc(Br)c(F)c1[N+](=O)[O-]. The molecule has 9 heteroatoms. The number of ether oxygens (including phenoxy) is 1. The molecule has 0 fully saturated rings. The molecular formula is C14H14BrFN2O5. The highest BCUT2D eigenvalue weighted by molar-refractivity contribution is 9.10. The van der Waals surface area contributed by atoms with Crippen LogP contribution in [0.25, 0.3) is 0 Å². The summed E-state index contributed by atoms with van der Waals surface area (Å²) in [5, 5.41) is 11.1. The standard InChI is InChI=1S/C14H14BrFN2O5/c1-4-23-14(20)9(7-17(2)3)13(19)8-5-6-10(15)11(16)12(8)18(21)22/h5-7H,4H2,1-3H3. The normalized spacial score (nSPS) is 11.1. The van der Waals surface area contributed by atoms with Crippen molar-refractivity contribution in [1.29, 1.82) is 0 Å². The maximum atomic E-state index is 14.0. The molecule has 1 aromatic carbocycles. The van der Waals surface area contributed by atoms with Crippen LogP contribution in [0.3, 0.4) is 0 Å². The summed E-state index contributed by atoms with van der Waals surface area (Å²) in [5.41, 5.74) is -1.96.